The maximum Gasteiger partial charge on any atom is 0.0520 e. The Morgan fingerprint density at radius 2 is 1.93 bits per heavy atom. The highest BCUT2D eigenvalue weighted by molar-refractivity contribution is 5.84. The van der Waals surface area contributed by atoms with E-state index in [1.54, 1.807) is 0 Å². The Bertz CT molecular complexity index is 458. The SMILES string of the molecule is c1ccc2c3c([nH]c2c1)CCOCC3. The fourth-order valence-electron chi connectivity index (χ4n) is 2.21. The molecule has 3 rings (SSSR count). The third-order valence-electron chi connectivity index (χ3n) is 2.89. The van der Waals surface area contributed by atoms with Gasteiger partial charge in [0.15, 0.2) is 0 Å². The molecule has 0 atom stereocenters. The number of nitrogens with one attached hydrogen (secondary N) is 1. The van der Waals surface area contributed by atoms with Crippen molar-refractivity contribution in [1.82, 2.24) is 4.98 Å². The first-order valence-corrected chi connectivity index (χ1v) is 5.11. The van der Waals surface area contributed by atoms with Crippen LogP contribution in [0.25, 0.3) is 10.9 Å². The summed E-state index contributed by atoms with van der Waals surface area (Å²) in [5.74, 6) is 0. The summed E-state index contributed by atoms with van der Waals surface area (Å²) < 4.78 is 5.46. The second kappa shape index (κ2) is 3.14. The number of para-hydroxylation sites is 1. The van der Waals surface area contributed by atoms with E-state index in [9.17, 15) is 0 Å². The van der Waals surface area contributed by atoms with E-state index in [1.165, 1.54) is 22.2 Å². The molecule has 2 heteroatoms. The van der Waals surface area contributed by atoms with Crippen LogP contribution in [0.4, 0.5) is 0 Å². The summed E-state index contributed by atoms with van der Waals surface area (Å²) in [6.07, 6.45) is 2.06. The average molecular weight is 187 g/mol. The molecular weight excluding hydrogens is 174 g/mol. The van der Waals surface area contributed by atoms with E-state index in [0.717, 1.165) is 26.1 Å². The monoisotopic (exact) mass is 187 g/mol. The quantitative estimate of drug-likeness (QED) is 0.672. The van der Waals surface area contributed by atoms with E-state index in [2.05, 4.69) is 29.2 Å². The maximum absolute atomic E-state index is 5.46. The van der Waals surface area contributed by atoms with Gasteiger partial charge in [0.25, 0.3) is 0 Å². The molecule has 0 unspecified atom stereocenters. The molecule has 1 N–H and O–H groups in total. The first-order valence-electron chi connectivity index (χ1n) is 5.11. The lowest BCUT2D eigenvalue weighted by molar-refractivity contribution is 0.146. The van der Waals surface area contributed by atoms with E-state index in [-0.39, 0.29) is 0 Å². The number of H-pyrrole nitrogens is 1. The van der Waals surface area contributed by atoms with E-state index < -0.39 is 0 Å². The van der Waals surface area contributed by atoms with Crippen molar-refractivity contribution in [3.63, 3.8) is 0 Å². The highest BCUT2D eigenvalue weighted by atomic mass is 16.5. The fraction of sp³-hybridized carbons (Fsp3) is 0.333. The number of hydrogen-bond donors (Lipinski definition) is 1. The van der Waals surface area contributed by atoms with Gasteiger partial charge in [0, 0.05) is 23.0 Å². The smallest absolute Gasteiger partial charge is 0.0520 e. The zero-order valence-electron chi connectivity index (χ0n) is 8.05. The molecule has 0 bridgehead atoms. The molecule has 72 valence electrons. The molecule has 0 fully saturated rings. The highest BCUT2D eigenvalue weighted by Gasteiger charge is 2.13. The molecule has 0 saturated heterocycles. The van der Waals surface area contributed by atoms with Crippen LogP contribution in [0.1, 0.15) is 11.3 Å². The number of ether oxygens (including phenoxy) is 1. The van der Waals surface area contributed by atoms with Crippen LogP contribution in [-0.4, -0.2) is 18.2 Å². The van der Waals surface area contributed by atoms with Crippen LogP contribution in [0.5, 0.6) is 0 Å². The van der Waals surface area contributed by atoms with Crippen molar-refractivity contribution < 1.29 is 4.74 Å². The van der Waals surface area contributed by atoms with Gasteiger partial charge in [-0.15, -0.1) is 0 Å². The van der Waals surface area contributed by atoms with Gasteiger partial charge in [0.05, 0.1) is 13.2 Å². The van der Waals surface area contributed by atoms with Gasteiger partial charge in [-0.05, 0) is 18.1 Å². The van der Waals surface area contributed by atoms with Crippen molar-refractivity contribution in [1.29, 1.82) is 0 Å². The van der Waals surface area contributed by atoms with Crippen molar-refractivity contribution in [3.8, 4) is 0 Å². The van der Waals surface area contributed by atoms with Crippen LogP contribution in [0, 0.1) is 0 Å². The third-order valence-corrected chi connectivity index (χ3v) is 2.89. The number of hydrogen-bond acceptors (Lipinski definition) is 1. The number of aromatic nitrogens is 1. The Morgan fingerprint density at radius 3 is 2.93 bits per heavy atom. The van der Waals surface area contributed by atoms with Crippen LogP contribution >= 0.6 is 0 Å². The summed E-state index contributed by atoms with van der Waals surface area (Å²) in [6, 6.07) is 8.51. The molecule has 0 aliphatic carbocycles. The van der Waals surface area contributed by atoms with E-state index in [4.69, 9.17) is 4.74 Å². The predicted molar refractivity (Wildman–Crippen MR) is 56.5 cm³/mol. The van der Waals surface area contributed by atoms with Crippen LogP contribution in [0.3, 0.4) is 0 Å². The minimum absolute atomic E-state index is 0.847. The van der Waals surface area contributed by atoms with Gasteiger partial charge in [-0.25, -0.2) is 0 Å². The highest BCUT2D eigenvalue weighted by Crippen LogP contribution is 2.24. The van der Waals surface area contributed by atoms with Crippen molar-refractivity contribution in [2.75, 3.05) is 13.2 Å². The number of aromatic amines is 1. The second-order valence-electron chi connectivity index (χ2n) is 3.74. The molecule has 1 aliphatic heterocycles. The van der Waals surface area contributed by atoms with E-state index in [1.807, 2.05) is 0 Å². The van der Waals surface area contributed by atoms with Crippen molar-refractivity contribution >= 4 is 10.9 Å². The maximum atomic E-state index is 5.46. The van der Waals surface area contributed by atoms with Crippen molar-refractivity contribution in [2.24, 2.45) is 0 Å². The molecule has 14 heavy (non-hydrogen) atoms. The van der Waals surface area contributed by atoms with Gasteiger partial charge >= 0.3 is 0 Å². The van der Waals surface area contributed by atoms with Crippen LogP contribution in [0.2, 0.25) is 0 Å². The Kier molecular flexibility index (Phi) is 1.81. The number of benzene rings is 1. The minimum atomic E-state index is 0.847. The first kappa shape index (κ1) is 8.06. The second-order valence-corrected chi connectivity index (χ2v) is 3.74. The molecule has 1 aromatic heterocycles. The van der Waals surface area contributed by atoms with Gasteiger partial charge in [-0.2, -0.15) is 0 Å². The largest absolute Gasteiger partial charge is 0.381 e. The Labute approximate surface area is 82.9 Å². The molecule has 0 spiro atoms. The van der Waals surface area contributed by atoms with Gasteiger partial charge in [0.1, 0.15) is 0 Å². The predicted octanol–water partition coefficient (Wildman–Crippen LogP) is 2.28. The average Bonchev–Trinajstić information content (AvgIpc) is 2.42. The molecule has 0 radical (unpaired) electrons. The normalized spacial score (nSPS) is 16.6. The molecule has 2 nitrogen and oxygen atoms in total. The van der Waals surface area contributed by atoms with Crippen LogP contribution < -0.4 is 0 Å². The standard InChI is InChI=1S/C12H13NO/c1-2-4-11-9(3-1)10-5-7-14-8-6-12(10)13-11/h1-4,13H,5-8H2. The summed E-state index contributed by atoms with van der Waals surface area (Å²) in [7, 11) is 0. The van der Waals surface area contributed by atoms with Crippen molar-refractivity contribution in [2.45, 2.75) is 12.8 Å². The summed E-state index contributed by atoms with van der Waals surface area (Å²) in [5.41, 5.74) is 4.08. The molecule has 2 aromatic rings. The van der Waals surface area contributed by atoms with Gasteiger partial charge in [0.2, 0.25) is 0 Å². The van der Waals surface area contributed by atoms with Gasteiger partial charge < -0.3 is 9.72 Å². The summed E-state index contributed by atoms with van der Waals surface area (Å²) >= 11 is 0. The van der Waals surface area contributed by atoms with Crippen LogP contribution in [0.15, 0.2) is 24.3 Å². The number of rotatable bonds is 0. The Morgan fingerprint density at radius 1 is 1.07 bits per heavy atom. The molecule has 0 saturated carbocycles. The van der Waals surface area contributed by atoms with Crippen LogP contribution in [-0.2, 0) is 17.6 Å². The van der Waals surface area contributed by atoms with E-state index in [0.29, 0.717) is 0 Å². The zero-order chi connectivity index (χ0) is 9.38. The first-order chi connectivity index (χ1) is 6.95. The summed E-state index contributed by atoms with van der Waals surface area (Å²) in [4.78, 5) is 3.48. The van der Waals surface area contributed by atoms with Gasteiger partial charge in [-0.1, -0.05) is 18.2 Å². The lowest BCUT2D eigenvalue weighted by Gasteiger charge is -1.96. The Balaban J connectivity index is 2.24. The molecule has 1 aromatic carbocycles. The zero-order valence-corrected chi connectivity index (χ0v) is 8.05. The number of fused-ring (bicyclic) bond motifs is 3. The summed E-state index contributed by atoms with van der Waals surface area (Å²) in [6.45, 7) is 1.70. The van der Waals surface area contributed by atoms with Crippen molar-refractivity contribution in [3.05, 3.63) is 35.5 Å². The minimum Gasteiger partial charge on any atom is -0.381 e. The summed E-state index contributed by atoms with van der Waals surface area (Å²) in [5, 5.41) is 1.37. The molecule has 1 aliphatic rings. The molecule has 0 amide bonds. The molecular formula is C12H13NO. The molecule has 2 heterocycles. The van der Waals surface area contributed by atoms with Gasteiger partial charge in [-0.3, -0.25) is 0 Å². The third kappa shape index (κ3) is 1.15. The fourth-order valence-corrected chi connectivity index (χ4v) is 2.21. The van der Waals surface area contributed by atoms with E-state index >= 15 is 0 Å². The Hall–Kier alpha value is -1.28. The lowest BCUT2D eigenvalue weighted by Crippen LogP contribution is -1.95. The topological polar surface area (TPSA) is 25.0 Å². The lowest BCUT2D eigenvalue weighted by atomic mass is 10.1.